The van der Waals surface area contributed by atoms with E-state index < -0.39 is 10.0 Å². The molecule has 0 saturated carbocycles. The number of thioether (sulfide) groups is 1. The first kappa shape index (κ1) is 19.9. The van der Waals surface area contributed by atoms with Crippen LogP contribution in [0.3, 0.4) is 0 Å². The maximum absolute atomic E-state index is 12.6. The molecule has 0 atom stereocenters. The van der Waals surface area contributed by atoms with Crippen LogP contribution in [-0.2, 0) is 19.6 Å². The van der Waals surface area contributed by atoms with Crippen LogP contribution in [-0.4, -0.2) is 50.7 Å². The van der Waals surface area contributed by atoms with Crippen molar-refractivity contribution < 1.29 is 17.9 Å². The Kier molecular flexibility index (Phi) is 6.54. The van der Waals surface area contributed by atoms with E-state index in [-0.39, 0.29) is 10.8 Å². The van der Waals surface area contributed by atoms with Gasteiger partial charge in [-0.3, -0.25) is 4.79 Å². The van der Waals surface area contributed by atoms with Gasteiger partial charge in [0.05, 0.1) is 23.9 Å². The van der Waals surface area contributed by atoms with E-state index in [0.717, 1.165) is 10.5 Å². The van der Waals surface area contributed by atoms with Gasteiger partial charge < -0.3 is 10.1 Å². The number of nitrogens with one attached hydrogen (secondary N) is 1. The molecule has 0 aliphatic carbocycles. The molecule has 0 bridgehead atoms. The minimum absolute atomic E-state index is 0.132. The maximum Gasteiger partial charge on any atom is 0.243 e. The summed E-state index contributed by atoms with van der Waals surface area (Å²) in [4.78, 5) is 13.4. The van der Waals surface area contributed by atoms with Gasteiger partial charge in [0.15, 0.2) is 0 Å². The number of carbonyl (C=O) groups is 1. The topological polar surface area (TPSA) is 75.7 Å². The number of anilines is 1. The molecule has 0 unspecified atom stereocenters. The van der Waals surface area contributed by atoms with Crippen molar-refractivity contribution in [3.8, 4) is 0 Å². The molecule has 3 rings (SSSR count). The maximum atomic E-state index is 12.6. The van der Waals surface area contributed by atoms with Crippen molar-refractivity contribution in [2.75, 3.05) is 37.4 Å². The summed E-state index contributed by atoms with van der Waals surface area (Å²) >= 11 is 1.47. The zero-order chi connectivity index (χ0) is 19.3. The van der Waals surface area contributed by atoms with Gasteiger partial charge in [0, 0.05) is 23.7 Å². The number of sulfonamides is 1. The predicted octanol–water partition coefficient (Wildman–Crippen LogP) is 2.75. The van der Waals surface area contributed by atoms with Crippen LogP contribution in [0.25, 0.3) is 0 Å². The van der Waals surface area contributed by atoms with Gasteiger partial charge in [-0.2, -0.15) is 4.31 Å². The van der Waals surface area contributed by atoms with Gasteiger partial charge in [0.1, 0.15) is 0 Å². The number of hydrogen-bond donors (Lipinski definition) is 1. The van der Waals surface area contributed by atoms with Crippen molar-refractivity contribution in [2.45, 2.75) is 16.7 Å². The van der Waals surface area contributed by atoms with Crippen LogP contribution in [0.1, 0.15) is 5.56 Å². The molecular formula is C19H22N2O4S2. The van der Waals surface area contributed by atoms with Crippen molar-refractivity contribution in [1.29, 1.82) is 0 Å². The standard InChI is InChI=1S/C19H22N2O4S2/c1-15-4-2-3-5-18(15)26-14-19(22)20-16-6-8-17(9-7-16)27(23,24)21-10-12-25-13-11-21/h2-9H,10-14H2,1H3,(H,20,22). The molecule has 27 heavy (non-hydrogen) atoms. The lowest BCUT2D eigenvalue weighted by atomic mass is 10.2. The van der Waals surface area contributed by atoms with Crippen LogP contribution in [0.4, 0.5) is 5.69 Å². The van der Waals surface area contributed by atoms with Gasteiger partial charge in [-0.15, -0.1) is 11.8 Å². The molecule has 1 amide bonds. The lowest BCUT2D eigenvalue weighted by Crippen LogP contribution is -2.40. The normalized spacial score (nSPS) is 15.4. The molecule has 1 N–H and O–H groups in total. The highest BCUT2D eigenvalue weighted by Crippen LogP contribution is 2.23. The highest BCUT2D eigenvalue weighted by Gasteiger charge is 2.26. The number of nitrogens with zero attached hydrogens (tertiary/aromatic N) is 1. The van der Waals surface area contributed by atoms with Crippen LogP contribution < -0.4 is 5.32 Å². The quantitative estimate of drug-likeness (QED) is 0.747. The zero-order valence-electron chi connectivity index (χ0n) is 15.1. The molecule has 2 aromatic carbocycles. The van der Waals surface area contributed by atoms with E-state index in [4.69, 9.17) is 4.74 Å². The van der Waals surface area contributed by atoms with Gasteiger partial charge >= 0.3 is 0 Å². The third kappa shape index (κ3) is 5.10. The lowest BCUT2D eigenvalue weighted by molar-refractivity contribution is -0.113. The summed E-state index contributed by atoms with van der Waals surface area (Å²) in [5, 5.41) is 2.80. The van der Waals surface area contributed by atoms with Crippen LogP contribution in [0.5, 0.6) is 0 Å². The summed E-state index contributed by atoms with van der Waals surface area (Å²) in [5.74, 6) is 0.158. The van der Waals surface area contributed by atoms with Crippen LogP contribution >= 0.6 is 11.8 Å². The Labute approximate surface area is 164 Å². The minimum atomic E-state index is -3.52. The van der Waals surface area contributed by atoms with Crippen LogP contribution in [0.2, 0.25) is 0 Å². The van der Waals surface area contributed by atoms with Crippen molar-refractivity contribution >= 4 is 33.4 Å². The van der Waals surface area contributed by atoms with E-state index in [2.05, 4.69) is 5.32 Å². The molecule has 0 radical (unpaired) electrons. The average molecular weight is 407 g/mol. The average Bonchev–Trinajstić information content (AvgIpc) is 2.68. The predicted molar refractivity (Wildman–Crippen MR) is 107 cm³/mol. The molecule has 8 heteroatoms. The number of aryl methyl sites for hydroxylation is 1. The molecule has 1 heterocycles. The van der Waals surface area contributed by atoms with E-state index in [1.807, 2.05) is 31.2 Å². The number of morpholine rings is 1. The van der Waals surface area contributed by atoms with Gasteiger partial charge in [-0.05, 0) is 42.8 Å². The van der Waals surface area contributed by atoms with E-state index in [0.29, 0.717) is 37.7 Å². The molecule has 144 valence electrons. The largest absolute Gasteiger partial charge is 0.379 e. The van der Waals surface area contributed by atoms with Crippen molar-refractivity contribution in [1.82, 2.24) is 4.31 Å². The van der Waals surface area contributed by atoms with E-state index in [9.17, 15) is 13.2 Å². The highest BCUT2D eigenvalue weighted by atomic mass is 32.2. The van der Waals surface area contributed by atoms with Crippen LogP contribution in [0.15, 0.2) is 58.3 Å². The molecular weight excluding hydrogens is 384 g/mol. The summed E-state index contributed by atoms with van der Waals surface area (Å²) in [7, 11) is -3.52. The fourth-order valence-corrected chi connectivity index (χ4v) is 4.94. The summed E-state index contributed by atoms with van der Waals surface area (Å²) in [6.45, 7) is 3.54. The third-order valence-corrected chi connectivity index (χ3v) is 7.29. The second-order valence-electron chi connectivity index (χ2n) is 6.14. The Hall–Kier alpha value is -1.87. The van der Waals surface area contributed by atoms with Gasteiger partial charge in [0.25, 0.3) is 0 Å². The number of hydrogen-bond acceptors (Lipinski definition) is 5. The van der Waals surface area contributed by atoms with Crippen LogP contribution in [0, 0.1) is 6.92 Å². The summed E-state index contributed by atoms with van der Waals surface area (Å²) in [6.07, 6.45) is 0. The molecule has 6 nitrogen and oxygen atoms in total. The Balaban J connectivity index is 1.58. The van der Waals surface area contributed by atoms with E-state index >= 15 is 0 Å². The number of carbonyl (C=O) groups excluding carboxylic acids is 1. The summed E-state index contributed by atoms with van der Waals surface area (Å²) in [6, 6.07) is 14.2. The Morgan fingerprint density at radius 1 is 1.11 bits per heavy atom. The third-order valence-electron chi connectivity index (χ3n) is 4.20. The van der Waals surface area contributed by atoms with E-state index in [1.165, 1.54) is 28.2 Å². The highest BCUT2D eigenvalue weighted by molar-refractivity contribution is 8.00. The number of benzene rings is 2. The first-order chi connectivity index (χ1) is 13.0. The van der Waals surface area contributed by atoms with Gasteiger partial charge in [0.2, 0.25) is 15.9 Å². The molecule has 1 aliphatic rings. The molecule has 1 saturated heterocycles. The molecule has 1 aliphatic heterocycles. The number of rotatable bonds is 6. The SMILES string of the molecule is Cc1ccccc1SCC(=O)Nc1ccc(S(=O)(=O)N2CCOCC2)cc1. The zero-order valence-corrected chi connectivity index (χ0v) is 16.7. The van der Waals surface area contributed by atoms with Gasteiger partial charge in [-0.25, -0.2) is 8.42 Å². The second kappa shape index (κ2) is 8.88. The smallest absolute Gasteiger partial charge is 0.243 e. The summed E-state index contributed by atoms with van der Waals surface area (Å²) in [5.41, 5.74) is 1.71. The van der Waals surface area contributed by atoms with Crippen molar-refractivity contribution in [2.24, 2.45) is 0 Å². The molecule has 0 spiro atoms. The fourth-order valence-electron chi connectivity index (χ4n) is 2.71. The van der Waals surface area contributed by atoms with Gasteiger partial charge in [-0.1, -0.05) is 18.2 Å². The first-order valence-electron chi connectivity index (χ1n) is 8.63. The minimum Gasteiger partial charge on any atom is -0.379 e. The number of ether oxygens (including phenoxy) is 1. The Morgan fingerprint density at radius 3 is 2.44 bits per heavy atom. The first-order valence-corrected chi connectivity index (χ1v) is 11.1. The Morgan fingerprint density at radius 2 is 1.78 bits per heavy atom. The number of amides is 1. The van der Waals surface area contributed by atoms with Crippen molar-refractivity contribution in [3.63, 3.8) is 0 Å². The summed E-state index contributed by atoms with van der Waals surface area (Å²) < 4.78 is 31.8. The van der Waals surface area contributed by atoms with Crippen molar-refractivity contribution in [3.05, 3.63) is 54.1 Å². The fraction of sp³-hybridized carbons (Fsp3) is 0.316. The lowest BCUT2D eigenvalue weighted by Gasteiger charge is -2.26. The molecule has 2 aromatic rings. The van der Waals surface area contributed by atoms with E-state index in [1.54, 1.807) is 12.1 Å². The monoisotopic (exact) mass is 406 g/mol. The Bertz CT molecular complexity index is 892. The second-order valence-corrected chi connectivity index (χ2v) is 9.10. The molecule has 0 aromatic heterocycles. The molecule has 1 fully saturated rings.